The number of halogens is 2. The van der Waals surface area contributed by atoms with Gasteiger partial charge in [0.25, 0.3) is 0 Å². The number of rotatable bonds is 6. The smallest absolute Gasteiger partial charge is 0.224 e. The van der Waals surface area contributed by atoms with Crippen LogP contribution in [0.3, 0.4) is 0 Å². The maximum Gasteiger partial charge on any atom is 0.224 e. The Balaban J connectivity index is 0.00000220. The van der Waals surface area contributed by atoms with Crippen molar-refractivity contribution in [2.45, 2.75) is 52.2 Å². The molecule has 1 aromatic rings. The van der Waals surface area contributed by atoms with Crippen LogP contribution in [0.2, 0.25) is 0 Å². The Morgan fingerprint density at radius 3 is 2.73 bits per heavy atom. The summed E-state index contributed by atoms with van der Waals surface area (Å²) in [7, 11) is 0. The molecule has 0 spiro atoms. The van der Waals surface area contributed by atoms with Crippen LogP contribution in [0.5, 0.6) is 0 Å². The van der Waals surface area contributed by atoms with Crippen molar-refractivity contribution in [3.8, 4) is 0 Å². The van der Waals surface area contributed by atoms with Crippen LogP contribution in [-0.4, -0.2) is 23.4 Å². The largest absolute Gasteiger partial charge is 0.328 e. The van der Waals surface area contributed by atoms with Crippen LogP contribution < -0.4 is 11.1 Å². The fourth-order valence-electron chi connectivity index (χ4n) is 2.65. The zero-order chi connectivity index (χ0) is 14.5. The third-order valence-electron chi connectivity index (χ3n) is 3.69. The lowest BCUT2D eigenvalue weighted by atomic mass is 10.1. The maximum absolute atomic E-state index is 11.9. The average Bonchev–Trinajstić information content (AvgIpc) is 2.80. The number of fused-ring (bicyclic) bond motifs is 1. The van der Waals surface area contributed by atoms with E-state index in [2.05, 4.69) is 23.2 Å². The maximum atomic E-state index is 11.9. The average molecular weight is 348 g/mol. The van der Waals surface area contributed by atoms with Gasteiger partial charge in [0, 0.05) is 31.2 Å². The van der Waals surface area contributed by atoms with E-state index in [1.165, 1.54) is 11.1 Å². The summed E-state index contributed by atoms with van der Waals surface area (Å²) in [6.45, 7) is 7.15. The molecule has 4 nitrogen and oxygen atoms in total. The van der Waals surface area contributed by atoms with E-state index in [0.717, 1.165) is 38.2 Å². The first-order valence-electron chi connectivity index (χ1n) is 7.48. The number of hydrogen-bond acceptors (Lipinski definition) is 3. The fraction of sp³-hybridized carbons (Fsp3) is 0.562. The fourth-order valence-corrected chi connectivity index (χ4v) is 2.65. The molecule has 0 radical (unpaired) electrons. The van der Waals surface area contributed by atoms with E-state index in [0.29, 0.717) is 6.42 Å². The van der Waals surface area contributed by atoms with Crippen LogP contribution >= 0.6 is 24.8 Å². The SMILES string of the molecule is CCCN1Cc2cccc(NC(=O)CCC(C)N)c2C1.Cl.Cl. The molecule has 1 aliphatic heterocycles. The van der Waals surface area contributed by atoms with E-state index < -0.39 is 0 Å². The first-order chi connectivity index (χ1) is 9.60. The highest BCUT2D eigenvalue weighted by Crippen LogP contribution is 2.29. The van der Waals surface area contributed by atoms with Gasteiger partial charge < -0.3 is 11.1 Å². The van der Waals surface area contributed by atoms with Crippen molar-refractivity contribution in [3.05, 3.63) is 29.3 Å². The van der Waals surface area contributed by atoms with Crippen LogP contribution in [0.25, 0.3) is 0 Å². The lowest BCUT2D eigenvalue weighted by Gasteiger charge is -2.13. The molecule has 0 fully saturated rings. The van der Waals surface area contributed by atoms with Gasteiger partial charge in [0.1, 0.15) is 0 Å². The van der Waals surface area contributed by atoms with Crippen LogP contribution in [0.4, 0.5) is 5.69 Å². The molecule has 0 aliphatic carbocycles. The molecule has 1 unspecified atom stereocenters. The summed E-state index contributed by atoms with van der Waals surface area (Å²) in [4.78, 5) is 14.4. The van der Waals surface area contributed by atoms with Gasteiger partial charge in [-0.1, -0.05) is 19.1 Å². The zero-order valence-electron chi connectivity index (χ0n) is 13.3. The number of benzene rings is 1. The van der Waals surface area contributed by atoms with Crippen molar-refractivity contribution >= 4 is 36.4 Å². The molecular weight excluding hydrogens is 321 g/mol. The predicted molar refractivity (Wildman–Crippen MR) is 96.9 cm³/mol. The van der Waals surface area contributed by atoms with Gasteiger partial charge in [0.2, 0.25) is 5.91 Å². The van der Waals surface area contributed by atoms with Crippen LogP contribution in [0, 0.1) is 0 Å². The van der Waals surface area contributed by atoms with Gasteiger partial charge in [-0.05, 0) is 43.5 Å². The number of nitrogens with two attached hydrogens (primary N) is 1. The van der Waals surface area contributed by atoms with E-state index in [4.69, 9.17) is 5.73 Å². The number of carbonyl (C=O) groups excluding carboxylic acids is 1. The van der Waals surface area contributed by atoms with Gasteiger partial charge >= 0.3 is 0 Å². The summed E-state index contributed by atoms with van der Waals surface area (Å²) in [5.41, 5.74) is 9.27. The van der Waals surface area contributed by atoms with E-state index in [-0.39, 0.29) is 36.8 Å². The van der Waals surface area contributed by atoms with Gasteiger partial charge in [-0.25, -0.2) is 0 Å². The number of carbonyl (C=O) groups is 1. The minimum absolute atomic E-state index is 0. The lowest BCUT2D eigenvalue weighted by molar-refractivity contribution is -0.116. The van der Waals surface area contributed by atoms with Crippen molar-refractivity contribution in [3.63, 3.8) is 0 Å². The topological polar surface area (TPSA) is 58.4 Å². The minimum atomic E-state index is 0. The highest BCUT2D eigenvalue weighted by Gasteiger charge is 2.21. The Morgan fingerprint density at radius 1 is 1.36 bits per heavy atom. The van der Waals surface area contributed by atoms with Crippen LogP contribution in [0.15, 0.2) is 18.2 Å². The molecule has 1 amide bonds. The van der Waals surface area contributed by atoms with Crippen molar-refractivity contribution in [2.24, 2.45) is 5.73 Å². The molecule has 1 aromatic carbocycles. The number of nitrogens with zero attached hydrogens (tertiary/aromatic N) is 1. The molecule has 2 rings (SSSR count). The van der Waals surface area contributed by atoms with Crippen molar-refractivity contribution in [1.82, 2.24) is 4.90 Å². The minimum Gasteiger partial charge on any atom is -0.328 e. The van der Waals surface area contributed by atoms with E-state index in [1.54, 1.807) is 0 Å². The molecule has 126 valence electrons. The number of nitrogens with one attached hydrogen (secondary N) is 1. The van der Waals surface area contributed by atoms with Gasteiger partial charge in [0.05, 0.1) is 0 Å². The monoisotopic (exact) mass is 347 g/mol. The summed E-state index contributed by atoms with van der Waals surface area (Å²) < 4.78 is 0. The van der Waals surface area contributed by atoms with Crippen LogP contribution in [0.1, 0.15) is 44.2 Å². The molecule has 1 aliphatic rings. The summed E-state index contributed by atoms with van der Waals surface area (Å²) in [6.07, 6.45) is 2.37. The van der Waals surface area contributed by atoms with E-state index >= 15 is 0 Å². The molecule has 3 N–H and O–H groups in total. The Morgan fingerprint density at radius 2 is 2.09 bits per heavy atom. The normalized spacial score (nSPS) is 14.5. The summed E-state index contributed by atoms with van der Waals surface area (Å²) in [5, 5.41) is 3.04. The summed E-state index contributed by atoms with van der Waals surface area (Å²) in [5.74, 6) is 0.0599. The second-order valence-electron chi connectivity index (χ2n) is 5.72. The van der Waals surface area contributed by atoms with Crippen molar-refractivity contribution in [1.29, 1.82) is 0 Å². The molecule has 22 heavy (non-hydrogen) atoms. The molecule has 0 bridgehead atoms. The Kier molecular flexibility index (Phi) is 9.69. The van der Waals surface area contributed by atoms with Gasteiger partial charge in [0.15, 0.2) is 0 Å². The van der Waals surface area contributed by atoms with Gasteiger partial charge in [-0.15, -0.1) is 24.8 Å². The number of hydrogen-bond donors (Lipinski definition) is 2. The number of amides is 1. The molecule has 1 atom stereocenters. The first kappa shape index (κ1) is 21.2. The quantitative estimate of drug-likeness (QED) is 0.829. The third-order valence-corrected chi connectivity index (χ3v) is 3.69. The van der Waals surface area contributed by atoms with E-state index in [9.17, 15) is 4.79 Å². The van der Waals surface area contributed by atoms with Crippen molar-refractivity contribution in [2.75, 3.05) is 11.9 Å². The molecule has 6 heteroatoms. The van der Waals surface area contributed by atoms with Crippen LogP contribution in [-0.2, 0) is 17.9 Å². The second-order valence-corrected chi connectivity index (χ2v) is 5.72. The van der Waals surface area contributed by atoms with E-state index in [1.807, 2.05) is 19.1 Å². The van der Waals surface area contributed by atoms with Gasteiger partial charge in [-0.3, -0.25) is 9.69 Å². The molecule has 0 saturated carbocycles. The summed E-state index contributed by atoms with van der Waals surface area (Å²) >= 11 is 0. The highest BCUT2D eigenvalue weighted by atomic mass is 35.5. The molecule has 0 aromatic heterocycles. The molecule has 1 heterocycles. The molecular formula is C16H27Cl2N3O. The Hall–Kier alpha value is -0.810. The lowest BCUT2D eigenvalue weighted by Crippen LogP contribution is -2.20. The second kappa shape index (κ2) is 10.1. The first-order valence-corrected chi connectivity index (χ1v) is 7.48. The third kappa shape index (κ3) is 5.76. The highest BCUT2D eigenvalue weighted by molar-refractivity contribution is 5.91. The Bertz CT molecular complexity index is 480. The zero-order valence-corrected chi connectivity index (χ0v) is 14.9. The predicted octanol–water partition coefficient (Wildman–Crippen LogP) is 3.32. The summed E-state index contributed by atoms with van der Waals surface area (Å²) in [6, 6.07) is 6.25. The van der Waals surface area contributed by atoms with Gasteiger partial charge in [-0.2, -0.15) is 0 Å². The molecule has 0 saturated heterocycles. The number of anilines is 1. The Labute approximate surface area is 145 Å². The standard InChI is InChI=1S/C16H25N3O.2ClH/c1-3-9-19-10-13-5-4-6-15(14(13)11-19)18-16(20)8-7-12(2)17;;/h4-6,12H,3,7-11,17H2,1-2H3,(H,18,20);2*1H. The van der Waals surface area contributed by atoms with Crippen molar-refractivity contribution < 1.29 is 4.79 Å².